The number of benzene rings is 1. The zero-order valence-corrected chi connectivity index (χ0v) is 15.3. The maximum absolute atomic E-state index is 12.4. The van der Waals surface area contributed by atoms with Crippen molar-refractivity contribution in [2.75, 3.05) is 6.26 Å². The van der Waals surface area contributed by atoms with E-state index in [1.54, 1.807) is 18.0 Å². The monoisotopic (exact) mass is 385 g/mol. The highest BCUT2D eigenvalue weighted by atomic mass is 32.2. The number of H-pyrrole nitrogens is 1. The largest absolute Gasteiger partial charge is 0.337 e. The molecule has 0 unspecified atom stereocenters. The lowest BCUT2D eigenvalue weighted by molar-refractivity contribution is 0.226. The van der Waals surface area contributed by atoms with E-state index in [9.17, 15) is 8.78 Å². The van der Waals surface area contributed by atoms with Crippen molar-refractivity contribution in [2.45, 2.75) is 12.2 Å². The third-order valence-corrected chi connectivity index (χ3v) is 4.35. The van der Waals surface area contributed by atoms with Gasteiger partial charge in [-0.05, 0) is 36.1 Å². The van der Waals surface area contributed by atoms with Gasteiger partial charge in [0.2, 0.25) is 0 Å². The average molecular weight is 385 g/mol. The molecule has 3 rings (SSSR count). The molecule has 0 saturated carbocycles. The lowest BCUT2D eigenvalue weighted by Gasteiger charge is -2.05. The summed E-state index contributed by atoms with van der Waals surface area (Å²) in [6.45, 7) is 0. The summed E-state index contributed by atoms with van der Waals surface area (Å²) in [5.74, 6) is 1.30. The van der Waals surface area contributed by atoms with Crippen molar-refractivity contribution in [3.8, 4) is 22.6 Å². The van der Waals surface area contributed by atoms with E-state index >= 15 is 0 Å². The highest BCUT2D eigenvalue weighted by molar-refractivity contribution is 7.97. The van der Waals surface area contributed by atoms with E-state index < -0.39 is 12.1 Å². The van der Waals surface area contributed by atoms with Gasteiger partial charge < -0.3 is 4.98 Å². The number of aromatic amines is 1. The van der Waals surface area contributed by atoms with Crippen LogP contribution in [0.15, 0.2) is 48.9 Å². The van der Waals surface area contributed by atoms with Gasteiger partial charge in [0.25, 0.3) is 6.43 Å². The number of nitrogens with zero attached hydrogens (tertiary/aromatic N) is 3. The van der Waals surface area contributed by atoms with Crippen LogP contribution >= 0.6 is 11.8 Å². The second-order valence-electron chi connectivity index (χ2n) is 5.69. The van der Waals surface area contributed by atoms with E-state index in [-0.39, 0.29) is 0 Å². The topological polar surface area (TPSA) is 78.3 Å². The van der Waals surface area contributed by atoms with Crippen LogP contribution in [-0.4, -0.2) is 38.3 Å². The molecule has 0 radical (unpaired) electrons. The number of thioether (sulfide) groups is 1. The van der Waals surface area contributed by atoms with Crippen molar-refractivity contribution in [3.05, 3.63) is 60.3 Å². The summed E-state index contributed by atoms with van der Waals surface area (Å²) in [5, 5.41) is 7.13. The van der Waals surface area contributed by atoms with Crippen LogP contribution in [0, 0.1) is 5.41 Å². The van der Waals surface area contributed by atoms with Crippen LogP contribution in [0.5, 0.6) is 0 Å². The minimum Gasteiger partial charge on any atom is -0.337 e. The molecule has 0 fully saturated rings. The molecule has 0 amide bonds. The first-order valence-corrected chi connectivity index (χ1v) is 9.46. The van der Waals surface area contributed by atoms with Crippen molar-refractivity contribution in [2.24, 2.45) is 0 Å². The molecule has 0 saturated heterocycles. The fourth-order valence-electron chi connectivity index (χ4n) is 2.44. The summed E-state index contributed by atoms with van der Waals surface area (Å²) >= 11 is 1.76. The van der Waals surface area contributed by atoms with Crippen molar-refractivity contribution >= 4 is 23.5 Å². The third kappa shape index (κ3) is 4.85. The quantitative estimate of drug-likeness (QED) is 0.578. The molecule has 27 heavy (non-hydrogen) atoms. The van der Waals surface area contributed by atoms with Gasteiger partial charge in [-0.2, -0.15) is 11.8 Å². The molecule has 3 aromatic rings. The Morgan fingerprint density at radius 2 is 2.04 bits per heavy atom. The van der Waals surface area contributed by atoms with Gasteiger partial charge in [-0.25, -0.2) is 23.7 Å². The second kappa shape index (κ2) is 8.68. The number of nitrogens with one attached hydrogen (secondary N) is 2. The fraction of sp³-hybridized carbons (Fsp3) is 0.158. The lowest BCUT2D eigenvalue weighted by Crippen LogP contribution is -2.03. The molecule has 0 spiro atoms. The van der Waals surface area contributed by atoms with Gasteiger partial charge in [0.1, 0.15) is 12.2 Å². The Bertz CT molecular complexity index is 968. The van der Waals surface area contributed by atoms with Crippen molar-refractivity contribution in [1.29, 1.82) is 5.41 Å². The van der Waals surface area contributed by atoms with E-state index in [4.69, 9.17) is 5.41 Å². The van der Waals surface area contributed by atoms with Crippen LogP contribution in [0.2, 0.25) is 0 Å². The number of allylic oxidation sites excluding steroid dienone is 1. The molecule has 1 aromatic carbocycles. The number of hydrogen-bond donors (Lipinski definition) is 2. The first kappa shape index (κ1) is 18.9. The molecule has 5 nitrogen and oxygen atoms in total. The Labute approximate surface area is 159 Å². The first-order valence-electron chi connectivity index (χ1n) is 8.07. The normalized spacial score (nSPS) is 11.4. The predicted molar refractivity (Wildman–Crippen MR) is 105 cm³/mol. The van der Waals surface area contributed by atoms with Crippen LogP contribution in [0.3, 0.4) is 0 Å². The first-order chi connectivity index (χ1) is 13.1. The zero-order chi connectivity index (χ0) is 19.2. The molecule has 8 heteroatoms. The highest BCUT2D eigenvalue weighted by Gasteiger charge is 2.09. The van der Waals surface area contributed by atoms with E-state index in [1.165, 1.54) is 18.0 Å². The maximum atomic E-state index is 12.4. The van der Waals surface area contributed by atoms with Crippen LogP contribution < -0.4 is 0 Å². The van der Waals surface area contributed by atoms with Crippen LogP contribution in [0.25, 0.3) is 28.7 Å². The molecule has 2 aromatic heterocycles. The molecule has 138 valence electrons. The van der Waals surface area contributed by atoms with Gasteiger partial charge in [0.05, 0.1) is 29.0 Å². The van der Waals surface area contributed by atoms with Gasteiger partial charge in [0.15, 0.2) is 0 Å². The maximum Gasteiger partial charge on any atom is 0.279 e. The van der Waals surface area contributed by atoms with Gasteiger partial charge in [-0.1, -0.05) is 18.2 Å². The lowest BCUT2D eigenvalue weighted by atomic mass is 10.1. The third-order valence-electron chi connectivity index (χ3n) is 3.73. The van der Waals surface area contributed by atoms with Crippen molar-refractivity contribution in [1.82, 2.24) is 19.9 Å². The molecule has 0 atom stereocenters. The summed E-state index contributed by atoms with van der Waals surface area (Å²) in [7, 11) is 0. The van der Waals surface area contributed by atoms with Crippen molar-refractivity contribution in [3.63, 3.8) is 0 Å². The minimum absolute atomic E-state index is 0.373. The molecule has 0 aliphatic rings. The summed E-state index contributed by atoms with van der Waals surface area (Å²) in [4.78, 5) is 15.7. The van der Waals surface area contributed by atoms with Crippen LogP contribution in [0.4, 0.5) is 8.78 Å². The average Bonchev–Trinajstić information content (AvgIpc) is 3.16. The number of imidazole rings is 1. The summed E-state index contributed by atoms with van der Waals surface area (Å²) < 4.78 is 24.7. The van der Waals surface area contributed by atoms with Crippen LogP contribution in [-0.2, 0) is 5.75 Å². The van der Waals surface area contributed by atoms with Gasteiger partial charge in [-0.15, -0.1) is 0 Å². The van der Waals surface area contributed by atoms with E-state index in [2.05, 4.69) is 38.3 Å². The molecule has 0 aliphatic heterocycles. The summed E-state index contributed by atoms with van der Waals surface area (Å²) in [5.41, 5.74) is 3.52. The standard InChI is InChI=1S/C19H17F2N5S/c1-27-10-12-3-2-4-13(7-12)15-8-16(25-11-24-15)17-9-23-18(26-17)6-5-14(22)19(20)21/h2-9,11,19,22H,10H2,1H3,(H,23,26)/b6-5-,22-14?. The molecule has 0 aliphatic carbocycles. The molecule has 0 bridgehead atoms. The van der Waals surface area contributed by atoms with Crippen LogP contribution in [0.1, 0.15) is 11.4 Å². The number of halogens is 2. The zero-order valence-electron chi connectivity index (χ0n) is 14.5. The van der Waals surface area contributed by atoms with Gasteiger partial charge in [0, 0.05) is 11.3 Å². The smallest absolute Gasteiger partial charge is 0.279 e. The second-order valence-corrected chi connectivity index (χ2v) is 6.56. The van der Waals surface area contributed by atoms with Crippen molar-refractivity contribution < 1.29 is 8.78 Å². The van der Waals surface area contributed by atoms with E-state index in [0.29, 0.717) is 17.2 Å². The Kier molecular flexibility index (Phi) is 6.08. The van der Waals surface area contributed by atoms with E-state index in [0.717, 1.165) is 23.1 Å². The molecule has 2 heterocycles. The Balaban J connectivity index is 1.84. The molecular weight excluding hydrogens is 368 g/mol. The fourth-order valence-corrected chi connectivity index (χ4v) is 2.96. The number of rotatable bonds is 7. The van der Waals surface area contributed by atoms with E-state index in [1.807, 2.05) is 18.2 Å². The SMILES string of the molecule is CSCc1cccc(-c2cc(-c3cnc(/C=C\C(=N)C(F)F)[nH]3)ncn2)c1. The summed E-state index contributed by atoms with van der Waals surface area (Å²) in [6.07, 6.45) is 4.67. The van der Waals surface area contributed by atoms with Gasteiger partial charge >= 0.3 is 0 Å². The number of aromatic nitrogens is 4. The summed E-state index contributed by atoms with van der Waals surface area (Å²) in [6, 6.07) is 10.0. The number of alkyl halides is 2. The molecular formula is C19H17F2N5S. The Morgan fingerprint density at radius 1 is 1.22 bits per heavy atom. The minimum atomic E-state index is -2.80. The number of hydrogen-bond acceptors (Lipinski definition) is 5. The predicted octanol–water partition coefficient (Wildman–Crippen LogP) is 4.69. The Morgan fingerprint density at radius 3 is 2.81 bits per heavy atom. The van der Waals surface area contributed by atoms with Gasteiger partial charge in [-0.3, -0.25) is 5.41 Å². The highest BCUT2D eigenvalue weighted by Crippen LogP contribution is 2.23. The molecule has 2 N–H and O–H groups in total. The Hall–Kier alpha value is -2.87.